The predicted octanol–water partition coefficient (Wildman–Crippen LogP) is 2.58. The van der Waals surface area contributed by atoms with Crippen molar-refractivity contribution in [2.75, 3.05) is 13.1 Å². The number of carbonyl (C=O) groups excluding carboxylic acids is 1. The van der Waals surface area contributed by atoms with E-state index in [0.29, 0.717) is 6.54 Å². The SMILES string of the molecule is Cc1c(I)cccc1C(=O)N1CCCC1CN.Cl. The molecular formula is C13H18ClIN2O. The van der Waals surface area contributed by atoms with E-state index in [-0.39, 0.29) is 24.4 Å². The van der Waals surface area contributed by atoms with Gasteiger partial charge in [0.2, 0.25) is 0 Å². The fourth-order valence-corrected chi connectivity index (χ4v) is 2.84. The second-order valence-corrected chi connectivity index (χ2v) is 5.60. The zero-order valence-corrected chi connectivity index (χ0v) is 13.3. The molecular weight excluding hydrogens is 363 g/mol. The lowest BCUT2D eigenvalue weighted by atomic mass is 10.1. The van der Waals surface area contributed by atoms with Gasteiger partial charge in [0.25, 0.3) is 5.91 Å². The Morgan fingerprint density at radius 3 is 2.94 bits per heavy atom. The zero-order chi connectivity index (χ0) is 12.4. The Hall–Kier alpha value is -0.330. The van der Waals surface area contributed by atoms with E-state index in [1.165, 1.54) is 0 Å². The third-order valence-corrected chi connectivity index (χ3v) is 4.58. The molecule has 3 nitrogen and oxygen atoms in total. The van der Waals surface area contributed by atoms with Gasteiger partial charge in [0.15, 0.2) is 0 Å². The van der Waals surface area contributed by atoms with Gasteiger partial charge < -0.3 is 10.6 Å². The number of nitrogens with zero attached hydrogens (tertiary/aromatic N) is 1. The van der Waals surface area contributed by atoms with Crippen LogP contribution in [0.25, 0.3) is 0 Å². The van der Waals surface area contributed by atoms with Crippen LogP contribution in [0.4, 0.5) is 0 Å². The first kappa shape index (κ1) is 15.7. The van der Waals surface area contributed by atoms with Crippen LogP contribution in [0.5, 0.6) is 0 Å². The van der Waals surface area contributed by atoms with Crippen molar-refractivity contribution in [3.63, 3.8) is 0 Å². The number of rotatable bonds is 2. The minimum absolute atomic E-state index is 0. The molecule has 1 fully saturated rings. The summed E-state index contributed by atoms with van der Waals surface area (Å²) in [4.78, 5) is 14.4. The van der Waals surface area contributed by atoms with E-state index in [4.69, 9.17) is 5.73 Å². The Kier molecular flexibility index (Phi) is 5.88. The van der Waals surface area contributed by atoms with Crippen molar-refractivity contribution in [1.29, 1.82) is 0 Å². The number of likely N-dealkylation sites (tertiary alicyclic amines) is 1. The molecule has 2 rings (SSSR count). The maximum Gasteiger partial charge on any atom is 0.254 e. The second-order valence-electron chi connectivity index (χ2n) is 4.44. The van der Waals surface area contributed by atoms with Crippen LogP contribution in [0.3, 0.4) is 0 Å². The Bertz CT molecular complexity index is 439. The van der Waals surface area contributed by atoms with Crippen LogP contribution in [0, 0.1) is 10.5 Å². The number of amides is 1. The van der Waals surface area contributed by atoms with Gasteiger partial charge in [0, 0.05) is 28.3 Å². The van der Waals surface area contributed by atoms with Crippen molar-refractivity contribution in [1.82, 2.24) is 4.90 Å². The normalized spacial score (nSPS) is 18.6. The molecule has 2 N–H and O–H groups in total. The molecule has 0 spiro atoms. The molecule has 0 aliphatic carbocycles. The lowest BCUT2D eigenvalue weighted by Crippen LogP contribution is -2.40. The van der Waals surface area contributed by atoms with Crippen LogP contribution >= 0.6 is 35.0 Å². The van der Waals surface area contributed by atoms with E-state index < -0.39 is 0 Å². The number of halogens is 2. The molecule has 1 aliphatic heterocycles. The average molecular weight is 381 g/mol. The van der Waals surface area contributed by atoms with E-state index >= 15 is 0 Å². The van der Waals surface area contributed by atoms with Gasteiger partial charge in [-0.25, -0.2) is 0 Å². The Balaban J connectivity index is 0.00000162. The largest absolute Gasteiger partial charge is 0.334 e. The maximum absolute atomic E-state index is 12.5. The fourth-order valence-electron chi connectivity index (χ4n) is 2.34. The Morgan fingerprint density at radius 1 is 1.56 bits per heavy atom. The second kappa shape index (κ2) is 6.73. The van der Waals surface area contributed by atoms with Crippen molar-refractivity contribution in [2.45, 2.75) is 25.8 Å². The number of hydrogen-bond acceptors (Lipinski definition) is 2. The molecule has 1 unspecified atom stereocenters. The number of benzene rings is 1. The summed E-state index contributed by atoms with van der Waals surface area (Å²) in [7, 11) is 0. The third-order valence-electron chi connectivity index (χ3n) is 3.41. The van der Waals surface area contributed by atoms with Crippen molar-refractivity contribution >= 4 is 40.9 Å². The van der Waals surface area contributed by atoms with Crippen molar-refractivity contribution < 1.29 is 4.79 Å². The predicted molar refractivity (Wildman–Crippen MR) is 84.3 cm³/mol. The molecule has 1 heterocycles. The molecule has 1 amide bonds. The van der Waals surface area contributed by atoms with Gasteiger partial charge in [-0.1, -0.05) is 6.07 Å². The van der Waals surface area contributed by atoms with Gasteiger partial charge >= 0.3 is 0 Å². The lowest BCUT2D eigenvalue weighted by molar-refractivity contribution is 0.0740. The summed E-state index contributed by atoms with van der Waals surface area (Å²) < 4.78 is 1.14. The molecule has 1 aliphatic rings. The monoisotopic (exact) mass is 380 g/mol. The van der Waals surface area contributed by atoms with Gasteiger partial charge in [-0.15, -0.1) is 12.4 Å². The molecule has 100 valence electrons. The highest BCUT2D eigenvalue weighted by atomic mass is 127. The quantitative estimate of drug-likeness (QED) is 0.802. The topological polar surface area (TPSA) is 46.3 Å². The van der Waals surface area contributed by atoms with E-state index in [1.54, 1.807) is 0 Å². The summed E-state index contributed by atoms with van der Waals surface area (Å²) in [5.41, 5.74) is 7.60. The Morgan fingerprint density at radius 2 is 2.28 bits per heavy atom. The molecule has 1 aromatic carbocycles. The van der Waals surface area contributed by atoms with Crippen LogP contribution in [-0.2, 0) is 0 Å². The van der Waals surface area contributed by atoms with E-state index in [9.17, 15) is 4.79 Å². The molecule has 1 atom stereocenters. The molecule has 0 aromatic heterocycles. The summed E-state index contributed by atoms with van der Waals surface area (Å²) in [6.45, 7) is 3.41. The minimum atomic E-state index is 0. The molecule has 18 heavy (non-hydrogen) atoms. The summed E-state index contributed by atoms with van der Waals surface area (Å²) in [5.74, 6) is 0.133. The first-order valence-electron chi connectivity index (χ1n) is 5.91. The van der Waals surface area contributed by atoms with E-state index in [2.05, 4.69) is 22.6 Å². The van der Waals surface area contributed by atoms with Crippen LogP contribution in [0.15, 0.2) is 18.2 Å². The highest BCUT2D eigenvalue weighted by molar-refractivity contribution is 14.1. The van der Waals surface area contributed by atoms with Gasteiger partial charge in [-0.05, 0) is 60.1 Å². The molecule has 1 aromatic rings. The van der Waals surface area contributed by atoms with Crippen LogP contribution in [-0.4, -0.2) is 29.9 Å². The highest BCUT2D eigenvalue weighted by Gasteiger charge is 2.29. The Labute approximate surface area is 128 Å². The van der Waals surface area contributed by atoms with Crippen molar-refractivity contribution in [3.8, 4) is 0 Å². The average Bonchev–Trinajstić information content (AvgIpc) is 2.80. The van der Waals surface area contributed by atoms with Crippen LogP contribution < -0.4 is 5.73 Å². The number of hydrogen-bond donors (Lipinski definition) is 1. The number of carbonyl (C=O) groups is 1. The third kappa shape index (κ3) is 2.97. The summed E-state index contributed by atoms with van der Waals surface area (Å²) in [6, 6.07) is 6.10. The van der Waals surface area contributed by atoms with Crippen LogP contribution in [0.1, 0.15) is 28.8 Å². The summed E-state index contributed by atoms with van der Waals surface area (Å²) in [5, 5.41) is 0. The van der Waals surface area contributed by atoms with Crippen molar-refractivity contribution in [2.24, 2.45) is 5.73 Å². The molecule has 0 bridgehead atoms. The highest BCUT2D eigenvalue weighted by Crippen LogP contribution is 2.22. The van der Waals surface area contributed by atoms with E-state index in [0.717, 1.165) is 34.1 Å². The van der Waals surface area contributed by atoms with Crippen LogP contribution in [0.2, 0.25) is 0 Å². The standard InChI is InChI=1S/C13H17IN2O.ClH/c1-9-11(5-2-6-12(9)14)13(17)16-7-3-4-10(16)8-15;/h2,5-6,10H,3-4,7-8,15H2,1H3;1H. The first-order chi connectivity index (χ1) is 8.15. The molecule has 1 saturated heterocycles. The van der Waals surface area contributed by atoms with E-state index in [1.807, 2.05) is 30.0 Å². The minimum Gasteiger partial charge on any atom is -0.334 e. The van der Waals surface area contributed by atoms with Gasteiger partial charge in [-0.2, -0.15) is 0 Å². The smallest absolute Gasteiger partial charge is 0.254 e. The van der Waals surface area contributed by atoms with Crippen molar-refractivity contribution in [3.05, 3.63) is 32.9 Å². The molecule has 0 saturated carbocycles. The first-order valence-corrected chi connectivity index (χ1v) is 6.99. The lowest BCUT2D eigenvalue weighted by Gasteiger charge is -2.24. The van der Waals surface area contributed by atoms with Gasteiger partial charge in [0.1, 0.15) is 0 Å². The molecule has 0 radical (unpaired) electrons. The van der Waals surface area contributed by atoms with Gasteiger partial charge in [-0.3, -0.25) is 4.79 Å². The molecule has 5 heteroatoms. The summed E-state index contributed by atoms with van der Waals surface area (Å²) in [6.07, 6.45) is 2.10. The summed E-state index contributed by atoms with van der Waals surface area (Å²) >= 11 is 2.27. The zero-order valence-electron chi connectivity index (χ0n) is 10.4. The maximum atomic E-state index is 12.5. The van der Waals surface area contributed by atoms with Gasteiger partial charge in [0.05, 0.1) is 0 Å². The fraction of sp³-hybridized carbons (Fsp3) is 0.462. The number of nitrogens with two attached hydrogens (primary N) is 1.